The van der Waals surface area contributed by atoms with Crippen molar-refractivity contribution in [3.63, 3.8) is 0 Å². The lowest BCUT2D eigenvalue weighted by Gasteiger charge is -2.44. The van der Waals surface area contributed by atoms with Gasteiger partial charge < -0.3 is 0 Å². The Morgan fingerprint density at radius 2 is 0.547 bits per heavy atom. The number of ketones is 1. The quantitative estimate of drug-likeness (QED) is 0.0114. The van der Waals surface area contributed by atoms with Gasteiger partial charge in [0.05, 0.1) is 12.5 Å². The van der Waals surface area contributed by atoms with Crippen molar-refractivity contribution in [3.8, 4) is 0 Å². The molecule has 0 N–H and O–H groups in total. The van der Waals surface area contributed by atoms with Crippen LogP contribution in [-0.2, 0) is 17.3 Å². The molecule has 0 saturated carbocycles. The van der Waals surface area contributed by atoms with Crippen LogP contribution in [0.1, 0.15) is 126 Å². The van der Waals surface area contributed by atoms with E-state index in [1.165, 1.54) is 108 Å². The van der Waals surface area contributed by atoms with Gasteiger partial charge in [0.15, 0.2) is 75.6 Å². The number of carbonyl (C=O) groups excluding carboxylic acids is 1. The van der Waals surface area contributed by atoms with Crippen LogP contribution in [0, 0.1) is 116 Å². The first kappa shape index (κ1) is 62.3. The minimum absolute atomic E-state index is 0.184. The van der Waals surface area contributed by atoms with Crippen molar-refractivity contribution in [3.05, 3.63) is 152 Å². The zero-order valence-electron chi connectivity index (χ0n) is 40.5. The van der Waals surface area contributed by atoms with E-state index in [-0.39, 0.29) is 16.7 Å². The zero-order valence-corrected chi connectivity index (χ0v) is 41.3. The summed E-state index contributed by atoms with van der Waals surface area (Å²) in [6.45, 7) is 2.29. The second-order valence-corrected chi connectivity index (χ2v) is 20.4. The number of halogens is 20. The molecule has 0 fully saturated rings. The van der Waals surface area contributed by atoms with Crippen LogP contribution in [0.3, 0.4) is 0 Å². The smallest absolute Gasteiger partial charge is 0.211 e. The molecule has 0 unspecified atom stereocenters. The van der Waals surface area contributed by atoms with Crippen LogP contribution in [0.5, 0.6) is 0 Å². The molecule has 0 aliphatic rings. The summed E-state index contributed by atoms with van der Waals surface area (Å²) in [5.74, 6) is -70.4. The molecule has 1 nitrogen and oxygen atoms in total. The third kappa shape index (κ3) is 13.5. The summed E-state index contributed by atoms with van der Waals surface area (Å²) < 4.78 is 294. The molecule has 23 heteroatoms. The van der Waals surface area contributed by atoms with E-state index in [4.69, 9.17) is 0 Å². The van der Waals surface area contributed by atoms with E-state index in [1.807, 2.05) is 12.1 Å². The van der Waals surface area contributed by atoms with Gasteiger partial charge in [-0.3, -0.25) is 4.79 Å². The first-order valence-electron chi connectivity index (χ1n) is 23.7. The largest absolute Gasteiger partial charge is 0.289 e. The molecule has 0 radical (unpaired) electrons. The number of rotatable bonds is 24. The number of carbonyl (C=O) groups is 1. The maximum Gasteiger partial charge on any atom is 0.211 e. The summed E-state index contributed by atoms with van der Waals surface area (Å²) in [5, 5.41) is 0. The highest BCUT2D eigenvalue weighted by Crippen LogP contribution is 2.31. The molecule has 0 aromatic heterocycles. The summed E-state index contributed by atoms with van der Waals surface area (Å²) in [7, 11) is 0.184. The van der Waals surface area contributed by atoms with Crippen molar-refractivity contribution in [2.75, 3.05) is 18.3 Å². The molecule has 0 aliphatic heterocycles. The Kier molecular flexibility index (Phi) is 23.0. The van der Waals surface area contributed by atoms with Crippen molar-refractivity contribution >= 4 is 44.7 Å². The second kappa shape index (κ2) is 27.7. The Morgan fingerprint density at radius 1 is 0.333 bits per heavy atom. The fraction of sp³-hybridized carbons (Fsp3) is 0.404. The van der Waals surface area contributed by atoms with Gasteiger partial charge in [0.1, 0.15) is 52.7 Å². The predicted octanol–water partition coefficient (Wildman–Crippen LogP) is 14.4. The van der Waals surface area contributed by atoms with Crippen LogP contribution in [0.25, 0.3) is 0 Å². The van der Waals surface area contributed by atoms with E-state index < -0.39 is 144 Å². The Balaban J connectivity index is 0.000000354. The van der Waals surface area contributed by atoms with Gasteiger partial charge in [0, 0.05) is 5.56 Å². The normalized spacial score (nSPS) is 11.7. The molecular weight excluding hydrogens is 1060 g/mol. The zero-order chi connectivity index (χ0) is 56.2. The van der Waals surface area contributed by atoms with Crippen LogP contribution in [0.2, 0.25) is 0 Å². The number of hydrogen-bond donors (Lipinski definition) is 0. The Labute approximate surface area is 422 Å². The Hall–Kier alpha value is -5.22. The molecule has 75 heavy (non-hydrogen) atoms. The predicted molar refractivity (Wildman–Crippen MR) is 247 cm³/mol. The van der Waals surface area contributed by atoms with E-state index in [0.29, 0.717) is 5.75 Å². The van der Waals surface area contributed by atoms with E-state index in [0.717, 1.165) is 12.0 Å². The minimum Gasteiger partial charge on any atom is -0.289 e. The molecule has 5 rings (SSSR count). The van der Waals surface area contributed by atoms with Gasteiger partial charge in [-0.15, -0.1) is 21.9 Å². The highest BCUT2D eigenvalue weighted by Gasteiger charge is 2.52. The monoisotopic (exact) mass is 1110 g/mol. The molecule has 0 aliphatic carbocycles. The fourth-order valence-electron chi connectivity index (χ4n) is 8.95. The molecule has 5 aromatic rings. The van der Waals surface area contributed by atoms with E-state index in [9.17, 15) is 57.5 Å². The van der Waals surface area contributed by atoms with E-state index >= 15 is 35.1 Å². The molecule has 5 aromatic carbocycles. The molecule has 0 bridgehead atoms. The maximum absolute atomic E-state index is 15.4. The topological polar surface area (TPSA) is 17.1 Å². The highest BCUT2D eigenvalue weighted by molar-refractivity contribution is 7.96. The van der Waals surface area contributed by atoms with Gasteiger partial charge in [-0.05, 0) is 29.3 Å². The number of Topliss-reactive ketones (excluding diaryl/α,β-unsaturated/α-hetero) is 1. The third-order valence-electron chi connectivity index (χ3n) is 12.7. The summed E-state index contributed by atoms with van der Waals surface area (Å²) >= 11 is 0. The lowest BCUT2D eigenvalue weighted by molar-refractivity contribution is 0.102. The second-order valence-electron chi connectivity index (χ2n) is 18.1. The van der Waals surface area contributed by atoms with Gasteiger partial charge in [-0.25, -0.2) is 87.8 Å². The first-order chi connectivity index (χ1) is 35.3. The number of unbranched alkanes of at least 4 members (excludes halogenated alkanes) is 15. The average molecular weight is 1110 g/mol. The lowest BCUT2D eigenvalue weighted by Crippen LogP contribution is -2.81. The van der Waals surface area contributed by atoms with Crippen molar-refractivity contribution in [1.29, 1.82) is 0 Å². The van der Waals surface area contributed by atoms with Crippen molar-refractivity contribution in [2.45, 2.75) is 116 Å². The standard InChI is InChI=1S/C28H49OS.C24BF20/c1-4-5-6-7-8-9-10-11-12-13-14-15-16-17-18-19-20-26-21-23-27(24-22-26)28(29)25-30(2)3;26-5-1(6(27)14(35)21(42)13(5)34)25(2-7(28)15(36)22(43)16(37)8(2)29,3-9(30)17(38)23(44)18(39)10(3)31)4-11(32)19(40)24(45)20(41)12(4)33/h21-24H,4-20,25H2,1-3H3;/q+1;-1. The van der Waals surface area contributed by atoms with Crippen molar-refractivity contribution in [2.24, 2.45) is 0 Å². The summed E-state index contributed by atoms with van der Waals surface area (Å²) in [5.41, 5.74) is -12.1. The molecule has 0 heterocycles. The number of hydrogen-bond acceptors (Lipinski definition) is 1. The van der Waals surface area contributed by atoms with E-state index in [1.54, 1.807) is 0 Å². The maximum atomic E-state index is 15.4. The molecule has 0 saturated heterocycles. The minimum atomic E-state index is -7.22. The van der Waals surface area contributed by atoms with Gasteiger partial charge in [0.25, 0.3) is 0 Å². The summed E-state index contributed by atoms with van der Waals surface area (Å²) in [4.78, 5) is 12.1. The molecule has 412 valence electrons. The Bertz CT molecular complexity index is 2420. The molecule has 0 spiro atoms. The van der Waals surface area contributed by atoms with E-state index in [2.05, 4.69) is 31.6 Å². The van der Waals surface area contributed by atoms with Crippen molar-refractivity contribution < 1.29 is 92.6 Å². The third-order valence-corrected chi connectivity index (χ3v) is 13.6. The number of aryl methyl sites for hydroxylation is 1. The number of benzene rings is 5. The van der Waals surface area contributed by atoms with Gasteiger partial charge in [0.2, 0.25) is 5.78 Å². The highest BCUT2D eigenvalue weighted by atomic mass is 32.2. The van der Waals surface area contributed by atoms with Crippen LogP contribution >= 0.6 is 0 Å². The van der Waals surface area contributed by atoms with Gasteiger partial charge in [-0.2, -0.15) is 0 Å². The first-order valence-corrected chi connectivity index (χ1v) is 25.9. The lowest BCUT2D eigenvalue weighted by atomic mass is 9.12. The van der Waals surface area contributed by atoms with Crippen molar-refractivity contribution in [1.82, 2.24) is 0 Å². The van der Waals surface area contributed by atoms with Crippen LogP contribution in [0.4, 0.5) is 87.8 Å². The molecule has 0 atom stereocenters. The summed E-state index contributed by atoms with van der Waals surface area (Å²) in [6.07, 6.45) is 20.9. The van der Waals surface area contributed by atoms with Crippen LogP contribution < -0.4 is 21.9 Å². The molecular formula is C52H49BF20OS. The van der Waals surface area contributed by atoms with Crippen LogP contribution in [0.15, 0.2) is 24.3 Å². The average Bonchev–Trinajstić information content (AvgIpc) is 3.38. The Morgan fingerprint density at radius 3 is 0.773 bits per heavy atom. The summed E-state index contributed by atoms with van der Waals surface area (Å²) in [6, 6.07) is 8.36. The van der Waals surface area contributed by atoms with Gasteiger partial charge in [-0.1, -0.05) is 128 Å². The fourth-order valence-corrected chi connectivity index (χ4v) is 9.65. The SMILES string of the molecule is CCCCCCCCCCCCCCCCCCc1ccc(C(=O)C[S+](C)C)cc1.Fc1c(F)c(F)c([B-](c2c(F)c(F)c(F)c(F)c2F)(c2c(F)c(F)c(F)c(F)c2F)c2c(F)c(F)c(F)c(F)c2F)c(F)c1F. The van der Waals surface area contributed by atoms with Gasteiger partial charge >= 0.3 is 0 Å². The molecule has 0 amide bonds. The van der Waals surface area contributed by atoms with Crippen LogP contribution in [-0.4, -0.2) is 30.2 Å².